The molecule has 0 saturated heterocycles. The molecular weight excluding hydrogens is 164 g/mol. The van der Waals surface area contributed by atoms with Crippen LogP contribution in [0.3, 0.4) is 0 Å². The Morgan fingerprint density at radius 2 is 2.31 bits per heavy atom. The van der Waals surface area contributed by atoms with Crippen molar-refractivity contribution < 1.29 is 4.74 Å². The molecule has 2 rings (SSSR count). The predicted octanol–water partition coefficient (Wildman–Crippen LogP) is 1.79. The number of fused-ring (bicyclic) bond motifs is 1. The highest BCUT2D eigenvalue weighted by Crippen LogP contribution is 2.08. The Labute approximate surface area is 77.0 Å². The van der Waals surface area contributed by atoms with Crippen LogP contribution in [-0.4, -0.2) is 16.5 Å². The number of ether oxygens (including phenoxy) is 1. The maximum Gasteiger partial charge on any atom is 0.137 e. The lowest BCUT2D eigenvalue weighted by Gasteiger charge is -1.95. The lowest BCUT2D eigenvalue weighted by molar-refractivity contribution is 0.182. The van der Waals surface area contributed by atoms with E-state index >= 15 is 0 Å². The highest BCUT2D eigenvalue weighted by atomic mass is 16.5. The molecule has 0 fully saturated rings. The molecule has 3 nitrogen and oxygen atoms in total. The number of hydrogen-bond donors (Lipinski definition) is 0. The molecule has 0 aliphatic carbocycles. The van der Waals surface area contributed by atoms with Gasteiger partial charge in [-0.15, -0.1) is 0 Å². The fraction of sp³-hybridized carbons (Fsp3) is 0.300. The summed E-state index contributed by atoms with van der Waals surface area (Å²) in [6.07, 6.45) is 2.01. The molecule has 2 aromatic rings. The summed E-state index contributed by atoms with van der Waals surface area (Å²) in [5.41, 5.74) is 3.14. The van der Waals surface area contributed by atoms with Crippen LogP contribution in [0.5, 0.6) is 0 Å². The molecule has 13 heavy (non-hydrogen) atoms. The highest BCUT2D eigenvalue weighted by Gasteiger charge is 2.01. The summed E-state index contributed by atoms with van der Waals surface area (Å²) in [6, 6.07) is 6.06. The van der Waals surface area contributed by atoms with Crippen LogP contribution in [0.4, 0.5) is 0 Å². The summed E-state index contributed by atoms with van der Waals surface area (Å²) in [4.78, 5) is 4.40. The van der Waals surface area contributed by atoms with Crippen LogP contribution in [0.15, 0.2) is 24.4 Å². The van der Waals surface area contributed by atoms with Crippen molar-refractivity contribution >= 4 is 5.65 Å². The molecule has 0 spiro atoms. The molecule has 0 amide bonds. The van der Waals surface area contributed by atoms with E-state index in [9.17, 15) is 0 Å². The normalized spacial score (nSPS) is 10.9. The molecule has 2 heterocycles. The van der Waals surface area contributed by atoms with E-state index in [1.807, 2.05) is 18.3 Å². The molecule has 0 radical (unpaired) electrons. The molecule has 68 valence electrons. The maximum atomic E-state index is 5.02. The fourth-order valence-corrected chi connectivity index (χ4v) is 1.42. The van der Waals surface area contributed by atoms with E-state index in [0.717, 1.165) is 11.3 Å². The minimum Gasteiger partial charge on any atom is -0.378 e. The first-order valence-electron chi connectivity index (χ1n) is 4.24. The van der Waals surface area contributed by atoms with Gasteiger partial charge in [0.1, 0.15) is 5.65 Å². The van der Waals surface area contributed by atoms with Crippen molar-refractivity contribution in [2.75, 3.05) is 7.11 Å². The van der Waals surface area contributed by atoms with Crippen molar-refractivity contribution in [2.45, 2.75) is 13.5 Å². The van der Waals surface area contributed by atoms with E-state index in [4.69, 9.17) is 4.74 Å². The van der Waals surface area contributed by atoms with Gasteiger partial charge in [-0.2, -0.15) is 0 Å². The average Bonchev–Trinajstić information content (AvgIpc) is 2.49. The van der Waals surface area contributed by atoms with E-state index in [0.29, 0.717) is 6.61 Å². The van der Waals surface area contributed by atoms with Gasteiger partial charge in [-0.05, 0) is 19.1 Å². The zero-order chi connectivity index (χ0) is 9.26. The quantitative estimate of drug-likeness (QED) is 0.697. The Bertz CT molecular complexity index is 420. The van der Waals surface area contributed by atoms with Gasteiger partial charge >= 0.3 is 0 Å². The third kappa shape index (κ3) is 1.42. The first-order valence-corrected chi connectivity index (χ1v) is 4.24. The lowest BCUT2D eigenvalue weighted by Crippen LogP contribution is -1.87. The number of imidazole rings is 1. The number of nitrogens with zero attached hydrogens (tertiary/aromatic N) is 2. The number of methoxy groups -OCH3 is 1. The molecule has 0 unspecified atom stereocenters. The van der Waals surface area contributed by atoms with Crippen molar-refractivity contribution in [2.24, 2.45) is 0 Å². The monoisotopic (exact) mass is 176 g/mol. The second kappa shape index (κ2) is 3.18. The number of aryl methyl sites for hydroxylation is 1. The van der Waals surface area contributed by atoms with E-state index in [2.05, 4.69) is 22.4 Å². The van der Waals surface area contributed by atoms with E-state index in [1.54, 1.807) is 7.11 Å². The van der Waals surface area contributed by atoms with Crippen molar-refractivity contribution in [1.82, 2.24) is 9.38 Å². The fourth-order valence-electron chi connectivity index (χ4n) is 1.42. The van der Waals surface area contributed by atoms with Crippen molar-refractivity contribution in [3.8, 4) is 0 Å². The Balaban J connectivity index is 2.55. The summed E-state index contributed by atoms with van der Waals surface area (Å²) >= 11 is 0. The molecule has 0 aromatic carbocycles. The molecule has 0 saturated carbocycles. The molecule has 0 bridgehead atoms. The van der Waals surface area contributed by atoms with Gasteiger partial charge in [0.25, 0.3) is 0 Å². The molecule has 0 aliphatic rings. The summed E-state index contributed by atoms with van der Waals surface area (Å²) < 4.78 is 7.09. The van der Waals surface area contributed by atoms with E-state index in [1.165, 1.54) is 5.69 Å². The molecule has 2 aromatic heterocycles. The molecular formula is C10H12N2O. The Hall–Kier alpha value is -1.35. The van der Waals surface area contributed by atoms with E-state index < -0.39 is 0 Å². The van der Waals surface area contributed by atoms with Crippen LogP contribution < -0.4 is 0 Å². The maximum absolute atomic E-state index is 5.02. The second-order valence-corrected chi connectivity index (χ2v) is 3.06. The minimum absolute atomic E-state index is 0.571. The zero-order valence-electron chi connectivity index (χ0n) is 7.82. The highest BCUT2D eigenvalue weighted by molar-refractivity contribution is 5.41. The standard InChI is InChI=1S/C10H12N2O/c1-8-4-3-5-10-11-9(7-13-2)6-12(8)10/h3-6H,7H2,1-2H3. The first-order chi connectivity index (χ1) is 6.31. The SMILES string of the molecule is COCc1cn2c(C)cccc2n1. The van der Waals surface area contributed by atoms with Gasteiger partial charge in [0.2, 0.25) is 0 Å². The molecule has 0 atom stereocenters. The van der Waals surface area contributed by atoms with Gasteiger partial charge in [-0.25, -0.2) is 4.98 Å². The van der Waals surface area contributed by atoms with Gasteiger partial charge in [0.15, 0.2) is 0 Å². The number of aromatic nitrogens is 2. The average molecular weight is 176 g/mol. The first kappa shape index (κ1) is 8.26. The van der Waals surface area contributed by atoms with Crippen molar-refractivity contribution in [3.05, 3.63) is 35.8 Å². The van der Waals surface area contributed by atoms with Gasteiger partial charge < -0.3 is 9.14 Å². The minimum atomic E-state index is 0.571. The second-order valence-electron chi connectivity index (χ2n) is 3.06. The number of pyridine rings is 1. The molecule has 0 N–H and O–H groups in total. The van der Waals surface area contributed by atoms with Gasteiger partial charge in [-0.3, -0.25) is 0 Å². The Kier molecular flexibility index (Phi) is 2.02. The molecule has 0 aliphatic heterocycles. The number of hydrogen-bond acceptors (Lipinski definition) is 2. The summed E-state index contributed by atoms with van der Waals surface area (Å²) in [5.74, 6) is 0. The van der Waals surface area contributed by atoms with Crippen LogP contribution in [0.2, 0.25) is 0 Å². The lowest BCUT2D eigenvalue weighted by atomic mass is 10.4. The topological polar surface area (TPSA) is 26.5 Å². The van der Waals surface area contributed by atoms with Crippen LogP contribution in [0.1, 0.15) is 11.4 Å². The zero-order valence-corrected chi connectivity index (χ0v) is 7.82. The van der Waals surface area contributed by atoms with Crippen LogP contribution in [0, 0.1) is 6.92 Å². The smallest absolute Gasteiger partial charge is 0.137 e. The summed E-state index contributed by atoms with van der Waals surface area (Å²) in [7, 11) is 1.68. The Morgan fingerprint density at radius 1 is 1.46 bits per heavy atom. The summed E-state index contributed by atoms with van der Waals surface area (Å²) in [5, 5.41) is 0. The third-order valence-corrected chi connectivity index (χ3v) is 2.04. The largest absolute Gasteiger partial charge is 0.378 e. The van der Waals surface area contributed by atoms with Gasteiger partial charge in [-0.1, -0.05) is 6.07 Å². The van der Waals surface area contributed by atoms with E-state index in [-0.39, 0.29) is 0 Å². The molecule has 3 heteroatoms. The van der Waals surface area contributed by atoms with Crippen molar-refractivity contribution in [1.29, 1.82) is 0 Å². The van der Waals surface area contributed by atoms with Crippen LogP contribution in [-0.2, 0) is 11.3 Å². The van der Waals surface area contributed by atoms with Gasteiger partial charge in [0, 0.05) is 19.0 Å². The van der Waals surface area contributed by atoms with Crippen molar-refractivity contribution in [3.63, 3.8) is 0 Å². The Morgan fingerprint density at radius 3 is 3.00 bits per heavy atom. The van der Waals surface area contributed by atoms with Crippen LogP contribution >= 0.6 is 0 Å². The number of rotatable bonds is 2. The third-order valence-electron chi connectivity index (χ3n) is 2.04. The van der Waals surface area contributed by atoms with Crippen LogP contribution in [0.25, 0.3) is 5.65 Å². The summed E-state index contributed by atoms with van der Waals surface area (Å²) in [6.45, 7) is 2.63. The van der Waals surface area contributed by atoms with Gasteiger partial charge in [0.05, 0.1) is 12.3 Å². The predicted molar refractivity (Wildman–Crippen MR) is 50.6 cm³/mol.